The number of halogens is 2. The van der Waals surface area contributed by atoms with E-state index in [0.717, 1.165) is 0 Å². The maximum Gasteiger partial charge on any atom is 0.295 e. The lowest BCUT2D eigenvalue weighted by Crippen LogP contribution is -2.50. The number of benzene rings is 3. The average molecular weight is 437 g/mol. The molecule has 2 heterocycles. The Bertz CT molecular complexity index is 1260. The molecule has 1 unspecified atom stereocenters. The van der Waals surface area contributed by atoms with E-state index in [9.17, 15) is 14.7 Å². The first-order valence-corrected chi connectivity index (χ1v) is 9.91. The first-order valence-electron chi connectivity index (χ1n) is 9.15. The Morgan fingerprint density at radius 1 is 0.867 bits per heavy atom. The minimum absolute atomic E-state index is 0.178. The van der Waals surface area contributed by atoms with Crippen molar-refractivity contribution >= 4 is 52.0 Å². The van der Waals surface area contributed by atoms with Crippen LogP contribution in [0.3, 0.4) is 0 Å². The number of para-hydroxylation sites is 1. The summed E-state index contributed by atoms with van der Waals surface area (Å²) in [5, 5.41) is 14.7. The molecule has 0 aromatic heterocycles. The predicted molar refractivity (Wildman–Crippen MR) is 117 cm³/mol. The van der Waals surface area contributed by atoms with Crippen LogP contribution in [0.5, 0.6) is 0 Å². The van der Waals surface area contributed by atoms with Crippen LogP contribution < -0.4 is 10.2 Å². The Kier molecular flexibility index (Phi) is 4.13. The molecule has 2 aliphatic rings. The molecule has 2 aliphatic heterocycles. The Hall–Kier alpha value is -3.28. The zero-order chi connectivity index (χ0) is 21.0. The molecule has 1 spiro atoms. The topological polar surface area (TPSA) is 69.6 Å². The number of nitrogens with zero attached hydrogens (tertiary/aromatic N) is 1. The van der Waals surface area contributed by atoms with Crippen molar-refractivity contribution in [2.45, 2.75) is 5.54 Å². The van der Waals surface area contributed by atoms with Crippen molar-refractivity contribution in [2.75, 3.05) is 10.2 Å². The maximum atomic E-state index is 13.6. The highest BCUT2D eigenvalue weighted by Gasteiger charge is 2.62. The van der Waals surface area contributed by atoms with Crippen LogP contribution in [0.25, 0.3) is 5.57 Å². The van der Waals surface area contributed by atoms with Gasteiger partial charge in [-0.05, 0) is 42.0 Å². The normalized spacial score (nSPS) is 20.1. The van der Waals surface area contributed by atoms with E-state index in [0.29, 0.717) is 32.5 Å². The molecule has 0 saturated heterocycles. The highest BCUT2D eigenvalue weighted by Crippen LogP contribution is 2.55. The van der Waals surface area contributed by atoms with Gasteiger partial charge in [0.15, 0.2) is 11.3 Å². The Balaban J connectivity index is 1.88. The summed E-state index contributed by atoms with van der Waals surface area (Å²) < 4.78 is 0. The number of amides is 2. The van der Waals surface area contributed by atoms with Crippen molar-refractivity contribution < 1.29 is 14.7 Å². The van der Waals surface area contributed by atoms with Gasteiger partial charge in [0.1, 0.15) is 0 Å². The summed E-state index contributed by atoms with van der Waals surface area (Å²) >= 11 is 12.3. The van der Waals surface area contributed by atoms with E-state index in [1.807, 2.05) is 6.07 Å². The van der Waals surface area contributed by atoms with Crippen molar-refractivity contribution in [3.05, 3.63) is 99.7 Å². The Labute approximate surface area is 182 Å². The van der Waals surface area contributed by atoms with Gasteiger partial charge in [-0.1, -0.05) is 59.6 Å². The quantitative estimate of drug-likeness (QED) is 0.582. The van der Waals surface area contributed by atoms with Crippen LogP contribution in [0.15, 0.2) is 78.6 Å². The van der Waals surface area contributed by atoms with Crippen molar-refractivity contribution in [1.82, 2.24) is 0 Å². The van der Waals surface area contributed by atoms with Crippen LogP contribution in [0.4, 0.5) is 11.4 Å². The third-order valence-electron chi connectivity index (χ3n) is 5.42. The fourth-order valence-electron chi connectivity index (χ4n) is 4.27. The number of rotatable bonds is 2. The van der Waals surface area contributed by atoms with Gasteiger partial charge in [0.25, 0.3) is 11.8 Å². The number of nitrogens with one attached hydrogen (secondary N) is 1. The van der Waals surface area contributed by atoms with Gasteiger partial charge in [0, 0.05) is 32.6 Å². The highest BCUT2D eigenvalue weighted by atomic mass is 35.5. The summed E-state index contributed by atoms with van der Waals surface area (Å²) in [7, 11) is 0. The molecular weight excluding hydrogens is 423 g/mol. The molecule has 2 N–H and O–H groups in total. The highest BCUT2D eigenvalue weighted by molar-refractivity contribution is 6.33. The molecule has 5 rings (SSSR count). The van der Waals surface area contributed by atoms with E-state index in [1.165, 1.54) is 4.90 Å². The summed E-state index contributed by atoms with van der Waals surface area (Å²) in [4.78, 5) is 28.2. The van der Waals surface area contributed by atoms with E-state index in [1.54, 1.807) is 66.7 Å². The molecular formula is C23H14Cl2N2O3. The molecule has 1 atom stereocenters. The van der Waals surface area contributed by atoms with E-state index in [4.69, 9.17) is 23.2 Å². The monoisotopic (exact) mass is 436 g/mol. The Morgan fingerprint density at radius 2 is 1.60 bits per heavy atom. The first-order chi connectivity index (χ1) is 14.4. The molecule has 0 bridgehead atoms. The molecule has 5 nitrogen and oxygen atoms in total. The number of aliphatic hydroxyl groups is 1. The summed E-state index contributed by atoms with van der Waals surface area (Å²) in [5.41, 5.74) is 0.530. The van der Waals surface area contributed by atoms with E-state index < -0.39 is 23.1 Å². The third kappa shape index (κ3) is 2.43. The largest absolute Gasteiger partial charge is 0.503 e. The molecule has 0 aliphatic carbocycles. The summed E-state index contributed by atoms with van der Waals surface area (Å²) in [6.45, 7) is 0. The fraction of sp³-hybridized carbons (Fsp3) is 0.0435. The second kappa shape index (κ2) is 6.62. The molecule has 0 saturated carbocycles. The summed E-state index contributed by atoms with van der Waals surface area (Å²) in [5.74, 6) is -1.64. The number of carbonyl (C=O) groups is 2. The second-order valence-electron chi connectivity index (χ2n) is 7.06. The smallest absolute Gasteiger partial charge is 0.295 e. The molecule has 3 aromatic rings. The molecule has 7 heteroatoms. The van der Waals surface area contributed by atoms with Crippen molar-refractivity contribution in [1.29, 1.82) is 0 Å². The summed E-state index contributed by atoms with van der Waals surface area (Å²) in [6, 6.07) is 20.5. The molecule has 3 aromatic carbocycles. The number of carbonyl (C=O) groups excluding carboxylic acids is 2. The van der Waals surface area contributed by atoms with E-state index >= 15 is 0 Å². The number of aliphatic hydroxyl groups excluding tert-OH is 1. The number of anilines is 2. The summed E-state index contributed by atoms with van der Waals surface area (Å²) in [6.07, 6.45) is 0. The minimum atomic E-state index is -1.60. The van der Waals surface area contributed by atoms with Crippen LogP contribution in [-0.2, 0) is 15.1 Å². The standard InChI is InChI=1S/C23H14Cl2N2O3/c24-14-6-4-5-13(11-14)19-20(28)21(29)27(16-7-2-1-3-8-16)23(19)17-10-9-15(25)12-18(17)26-22(23)30/h1-12,28H,(H,26,30). The van der Waals surface area contributed by atoms with Crippen LogP contribution in [0.2, 0.25) is 10.0 Å². The lowest BCUT2D eigenvalue weighted by molar-refractivity contribution is -0.123. The molecule has 30 heavy (non-hydrogen) atoms. The van der Waals surface area contributed by atoms with Crippen LogP contribution in [-0.4, -0.2) is 16.9 Å². The predicted octanol–water partition coefficient (Wildman–Crippen LogP) is 5.16. The van der Waals surface area contributed by atoms with Gasteiger partial charge in [0.05, 0.1) is 0 Å². The second-order valence-corrected chi connectivity index (χ2v) is 7.94. The minimum Gasteiger partial charge on any atom is -0.503 e. The van der Waals surface area contributed by atoms with Gasteiger partial charge in [-0.2, -0.15) is 0 Å². The van der Waals surface area contributed by atoms with Gasteiger partial charge in [0.2, 0.25) is 0 Å². The van der Waals surface area contributed by atoms with Crippen molar-refractivity contribution in [3.8, 4) is 0 Å². The van der Waals surface area contributed by atoms with Gasteiger partial charge in [-0.25, -0.2) is 0 Å². The lowest BCUT2D eigenvalue weighted by atomic mass is 9.80. The van der Waals surface area contributed by atoms with Crippen LogP contribution >= 0.6 is 23.2 Å². The van der Waals surface area contributed by atoms with Crippen LogP contribution in [0.1, 0.15) is 11.1 Å². The fourth-order valence-corrected chi connectivity index (χ4v) is 4.63. The van der Waals surface area contributed by atoms with E-state index in [-0.39, 0.29) is 5.57 Å². The SMILES string of the molecule is O=C1C(O)=C(c2cccc(Cl)c2)C2(C(=O)Nc3cc(Cl)ccc32)N1c1ccccc1. The maximum absolute atomic E-state index is 13.6. The Morgan fingerprint density at radius 3 is 2.33 bits per heavy atom. The number of fused-ring (bicyclic) bond motifs is 2. The zero-order valence-corrected chi connectivity index (χ0v) is 16.9. The number of hydrogen-bond donors (Lipinski definition) is 2. The third-order valence-corrected chi connectivity index (χ3v) is 5.89. The number of hydrogen-bond acceptors (Lipinski definition) is 3. The molecule has 2 amide bonds. The molecule has 0 fully saturated rings. The van der Waals surface area contributed by atoms with Gasteiger partial charge < -0.3 is 10.4 Å². The van der Waals surface area contributed by atoms with Crippen molar-refractivity contribution in [2.24, 2.45) is 0 Å². The van der Waals surface area contributed by atoms with E-state index in [2.05, 4.69) is 5.32 Å². The molecule has 0 radical (unpaired) electrons. The van der Waals surface area contributed by atoms with Gasteiger partial charge in [-0.15, -0.1) is 0 Å². The van der Waals surface area contributed by atoms with Crippen molar-refractivity contribution in [3.63, 3.8) is 0 Å². The van der Waals surface area contributed by atoms with Crippen LogP contribution in [0, 0.1) is 0 Å². The first kappa shape index (κ1) is 18.7. The average Bonchev–Trinajstić information content (AvgIpc) is 3.13. The van der Waals surface area contributed by atoms with Gasteiger partial charge >= 0.3 is 0 Å². The van der Waals surface area contributed by atoms with Gasteiger partial charge in [-0.3, -0.25) is 14.5 Å². The molecule has 148 valence electrons. The lowest BCUT2D eigenvalue weighted by Gasteiger charge is -2.35. The zero-order valence-electron chi connectivity index (χ0n) is 15.4.